The largest absolute Gasteiger partial charge is 0.380 e. The summed E-state index contributed by atoms with van der Waals surface area (Å²) in [6, 6.07) is 0.569. The summed E-state index contributed by atoms with van der Waals surface area (Å²) in [4.78, 5) is 11.2. The molecule has 0 aromatic carbocycles. The highest BCUT2D eigenvalue weighted by atomic mass is 16.5. The van der Waals surface area contributed by atoms with Gasteiger partial charge in [0.05, 0.1) is 25.4 Å². The first-order valence-corrected chi connectivity index (χ1v) is 7.07. The van der Waals surface area contributed by atoms with Gasteiger partial charge in [-0.3, -0.25) is 4.90 Å². The van der Waals surface area contributed by atoms with Crippen molar-refractivity contribution in [1.82, 2.24) is 29.2 Å². The van der Waals surface area contributed by atoms with Gasteiger partial charge in [-0.1, -0.05) is 0 Å². The Morgan fingerprint density at radius 2 is 2.35 bits per heavy atom. The van der Waals surface area contributed by atoms with Gasteiger partial charge in [0.25, 0.3) is 0 Å². The minimum Gasteiger partial charge on any atom is -0.380 e. The Kier molecular flexibility index (Phi) is 3.00. The van der Waals surface area contributed by atoms with Gasteiger partial charge in [-0.05, 0) is 6.42 Å². The van der Waals surface area contributed by atoms with Crippen LogP contribution in [-0.4, -0.2) is 55.0 Å². The fourth-order valence-corrected chi connectivity index (χ4v) is 3.01. The summed E-state index contributed by atoms with van der Waals surface area (Å²) >= 11 is 0. The van der Waals surface area contributed by atoms with Crippen LogP contribution >= 0.6 is 0 Å². The molecule has 0 radical (unpaired) electrons. The third kappa shape index (κ3) is 2.23. The van der Waals surface area contributed by atoms with E-state index in [-0.39, 0.29) is 0 Å². The molecular formula is C13H18N6O. The van der Waals surface area contributed by atoms with Crippen molar-refractivity contribution in [2.24, 2.45) is 0 Å². The standard InChI is InChI=1S/C13H18N6O/c1-4-20-8-12(1)17-2-3-18-5-11(16-13(18)7-17)6-19-10-14-9-15-19/h5,9-10,12H,1-4,6-8H2/t12-/m0/s1. The highest BCUT2D eigenvalue weighted by Crippen LogP contribution is 2.20. The van der Waals surface area contributed by atoms with Crippen molar-refractivity contribution in [2.75, 3.05) is 19.8 Å². The molecule has 4 rings (SSSR count). The molecular weight excluding hydrogens is 256 g/mol. The molecule has 2 aromatic heterocycles. The van der Waals surface area contributed by atoms with Crippen LogP contribution in [0.5, 0.6) is 0 Å². The van der Waals surface area contributed by atoms with E-state index in [2.05, 4.69) is 25.7 Å². The van der Waals surface area contributed by atoms with Crippen molar-refractivity contribution >= 4 is 0 Å². The predicted octanol–water partition coefficient (Wildman–Crippen LogP) is 0.127. The van der Waals surface area contributed by atoms with Crippen molar-refractivity contribution in [3.8, 4) is 0 Å². The van der Waals surface area contributed by atoms with Gasteiger partial charge < -0.3 is 9.30 Å². The summed E-state index contributed by atoms with van der Waals surface area (Å²) in [6.45, 7) is 5.47. The fourth-order valence-electron chi connectivity index (χ4n) is 3.01. The molecule has 1 fully saturated rings. The van der Waals surface area contributed by atoms with Crippen molar-refractivity contribution in [2.45, 2.75) is 32.1 Å². The molecule has 0 aliphatic carbocycles. The van der Waals surface area contributed by atoms with Gasteiger partial charge in [0.1, 0.15) is 18.5 Å². The molecule has 1 saturated heterocycles. The molecule has 1 atom stereocenters. The topological polar surface area (TPSA) is 61.0 Å². The van der Waals surface area contributed by atoms with E-state index in [0.717, 1.165) is 50.8 Å². The van der Waals surface area contributed by atoms with Gasteiger partial charge >= 0.3 is 0 Å². The fraction of sp³-hybridized carbons (Fsp3) is 0.615. The number of nitrogens with zero attached hydrogens (tertiary/aromatic N) is 6. The molecule has 0 bridgehead atoms. The van der Waals surface area contributed by atoms with Crippen molar-refractivity contribution in [1.29, 1.82) is 0 Å². The third-order valence-corrected chi connectivity index (χ3v) is 4.09. The SMILES string of the molecule is c1ncn(Cc2cn3c(n2)CN([C@H]2CCOC2)CC3)n1. The van der Waals surface area contributed by atoms with E-state index >= 15 is 0 Å². The van der Waals surface area contributed by atoms with Crippen LogP contribution in [0.15, 0.2) is 18.9 Å². The average Bonchev–Trinajstić information content (AvgIpc) is 3.19. The average molecular weight is 274 g/mol. The van der Waals surface area contributed by atoms with Crippen molar-refractivity contribution in [3.63, 3.8) is 0 Å². The zero-order valence-electron chi connectivity index (χ0n) is 11.4. The number of hydrogen-bond donors (Lipinski definition) is 0. The molecule has 0 saturated carbocycles. The minimum atomic E-state index is 0.569. The van der Waals surface area contributed by atoms with Gasteiger partial charge in [0, 0.05) is 31.9 Å². The Bertz CT molecular complexity index is 572. The molecule has 2 aliphatic heterocycles. The van der Waals surface area contributed by atoms with Crippen LogP contribution in [0.1, 0.15) is 17.9 Å². The zero-order chi connectivity index (χ0) is 13.4. The second-order valence-electron chi connectivity index (χ2n) is 5.42. The Balaban J connectivity index is 1.49. The van der Waals surface area contributed by atoms with Gasteiger partial charge in [-0.25, -0.2) is 14.6 Å². The summed E-state index contributed by atoms with van der Waals surface area (Å²) in [5.74, 6) is 1.15. The highest BCUT2D eigenvalue weighted by Gasteiger charge is 2.27. The number of aromatic nitrogens is 5. The van der Waals surface area contributed by atoms with Crippen LogP contribution in [0.4, 0.5) is 0 Å². The van der Waals surface area contributed by atoms with E-state index in [0.29, 0.717) is 12.6 Å². The monoisotopic (exact) mass is 274 g/mol. The molecule has 0 amide bonds. The number of rotatable bonds is 3. The second kappa shape index (κ2) is 4.99. The summed E-state index contributed by atoms with van der Waals surface area (Å²) in [5, 5.41) is 4.13. The molecule has 7 heteroatoms. The van der Waals surface area contributed by atoms with Gasteiger partial charge in [-0.15, -0.1) is 0 Å². The Morgan fingerprint density at radius 1 is 1.35 bits per heavy atom. The molecule has 0 unspecified atom stereocenters. The Morgan fingerprint density at radius 3 is 3.15 bits per heavy atom. The molecule has 20 heavy (non-hydrogen) atoms. The molecule has 4 heterocycles. The molecule has 0 spiro atoms. The highest BCUT2D eigenvalue weighted by molar-refractivity contribution is 5.07. The van der Waals surface area contributed by atoms with Crippen LogP contribution in [0.25, 0.3) is 0 Å². The van der Waals surface area contributed by atoms with Crippen molar-refractivity contribution in [3.05, 3.63) is 30.4 Å². The smallest absolute Gasteiger partial charge is 0.137 e. The summed E-state index contributed by atoms with van der Waals surface area (Å²) in [6.07, 6.45) is 6.56. The van der Waals surface area contributed by atoms with Gasteiger partial charge in [0.15, 0.2) is 0 Å². The number of hydrogen-bond acceptors (Lipinski definition) is 5. The normalized spacial score (nSPS) is 23.1. The molecule has 2 aliphatic rings. The van der Waals surface area contributed by atoms with E-state index in [9.17, 15) is 0 Å². The van der Waals surface area contributed by atoms with Gasteiger partial charge in [-0.2, -0.15) is 5.10 Å². The molecule has 2 aromatic rings. The van der Waals surface area contributed by atoms with Crippen LogP contribution in [-0.2, 0) is 24.4 Å². The van der Waals surface area contributed by atoms with Gasteiger partial charge in [0.2, 0.25) is 0 Å². The van der Waals surface area contributed by atoms with Crippen LogP contribution < -0.4 is 0 Å². The van der Waals surface area contributed by atoms with E-state index < -0.39 is 0 Å². The van der Waals surface area contributed by atoms with E-state index in [4.69, 9.17) is 9.72 Å². The maximum atomic E-state index is 5.49. The maximum absolute atomic E-state index is 5.49. The van der Waals surface area contributed by atoms with E-state index in [1.807, 2.05) is 0 Å². The summed E-state index contributed by atoms with van der Waals surface area (Å²) in [5.41, 5.74) is 1.05. The van der Waals surface area contributed by atoms with E-state index in [1.54, 1.807) is 17.3 Å². The third-order valence-electron chi connectivity index (χ3n) is 4.09. The number of imidazole rings is 1. The zero-order valence-corrected chi connectivity index (χ0v) is 11.4. The summed E-state index contributed by atoms with van der Waals surface area (Å²) in [7, 11) is 0. The Hall–Kier alpha value is -1.73. The second-order valence-corrected chi connectivity index (χ2v) is 5.42. The van der Waals surface area contributed by atoms with E-state index in [1.165, 1.54) is 0 Å². The summed E-state index contributed by atoms with van der Waals surface area (Å²) < 4.78 is 9.55. The van der Waals surface area contributed by atoms with Crippen LogP contribution in [0.3, 0.4) is 0 Å². The lowest BCUT2D eigenvalue weighted by molar-refractivity contribution is 0.121. The molecule has 0 N–H and O–H groups in total. The first-order chi connectivity index (χ1) is 9.88. The quantitative estimate of drug-likeness (QED) is 0.796. The minimum absolute atomic E-state index is 0.569. The van der Waals surface area contributed by atoms with Crippen LogP contribution in [0, 0.1) is 0 Å². The lowest BCUT2D eigenvalue weighted by atomic mass is 10.2. The lowest BCUT2D eigenvalue weighted by Gasteiger charge is -2.31. The number of fused-ring (bicyclic) bond motifs is 1. The van der Waals surface area contributed by atoms with Crippen LogP contribution in [0.2, 0.25) is 0 Å². The lowest BCUT2D eigenvalue weighted by Crippen LogP contribution is -2.41. The first kappa shape index (κ1) is 12.0. The molecule has 106 valence electrons. The number of ether oxygens (including phenoxy) is 1. The predicted molar refractivity (Wildman–Crippen MR) is 71.0 cm³/mol. The first-order valence-electron chi connectivity index (χ1n) is 7.07. The maximum Gasteiger partial charge on any atom is 0.137 e. The molecule has 7 nitrogen and oxygen atoms in total. The van der Waals surface area contributed by atoms with Crippen molar-refractivity contribution < 1.29 is 4.74 Å². The Labute approximate surface area is 117 Å².